The lowest BCUT2D eigenvalue weighted by atomic mass is 9.92. The maximum Gasteiger partial charge on any atom is 0.430 e. The molecule has 1 aliphatic rings. The Morgan fingerprint density at radius 2 is 1.39 bits per heavy atom. The molecule has 0 unspecified atom stereocenters. The van der Waals surface area contributed by atoms with Gasteiger partial charge in [-0.3, -0.25) is 0 Å². The van der Waals surface area contributed by atoms with Gasteiger partial charge in [0.2, 0.25) is 0 Å². The molecule has 1 aromatic heterocycles. The van der Waals surface area contributed by atoms with E-state index in [1.807, 2.05) is 0 Å². The van der Waals surface area contributed by atoms with Gasteiger partial charge in [0.15, 0.2) is 0 Å². The van der Waals surface area contributed by atoms with E-state index in [9.17, 15) is 39.9 Å². The molecule has 14 heteroatoms. The Labute approximate surface area is 186 Å². The normalized spacial score (nSPS) is 17.2. The van der Waals surface area contributed by atoms with Gasteiger partial charge >= 0.3 is 12.4 Å². The maximum atomic E-state index is 13.0. The molecule has 0 saturated carbocycles. The molecule has 0 amide bonds. The van der Waals surface area contributed by atoms with Crippen molar-refractivity contribution in [2.75, 3.05) is 31.1 Å². The zero-order valence-corrected chi connectivity index (χ0v) is 18.6. The van der Waals surface area contributed by atoms with Crippen LogP contribution in [-0.2, 0) is 15.6 Å². The number of piperazine rings is 1. The minimum atomic E-state index is -5.95. The van der Waals surface area contributed by atoms with Gasteiger partial charge in [0.05, 0.1) is 3.79 Å². The Hall–Kier alpha value is -1.35. The highest BCUT2D eigenvalue weighted by Gasteiger charge is 2.71. The number of aliphatic hydroxyl groups is 1. The van der Waals surface area contributed by atoms with Gasteiger partial charge in [0.25, 0.3) is 15.6 Å². The van der Waals surface area contributed by atoms with Gasteiger partial charge in [0.1, 0.15) is 4.21 Å². The third-order valence-electron chi connectivity index (χ3n) is 4.85. The summed E-state index contributed by atoms with van der Waals surface area (Å²) in [6.07, 6.45) is -11.9. The Morgan fingerprint density at radius 3 is 1.81 bits per heavy atom. The van der Waals surface area contributed by atoms with Crippen LogP contribution in [0.25, 0.3) is 0 Å². The van der Waals surface area contributed by atoms with Crippen molar-refractivity contribution < 1.29 is 39.9 Å². The Morgan fingerprint density at radius 1 is 0.871 bits per heavy atom. The van der Waals surface area contributed by atoms with E-state index >= 15 is 0 Å². The number of thiophene rings is 1. The summed E-state index contributed by atoms with van der Waals surface area (Å²) in [5.41, 5.74) is -6.02. The molecule has 1 fully saturated rings. The molecule has 1 N–H and O–H groups in total. The summed E-state index contributed by atoms with van der Waals surface area (Å²) in [7, 11) is -3.69. The van der Waals surface area contributed by atoms with Crippen molar-refractivity contribution in [1.82, 2.24) is 4.31 Å². The van der Waals surface area contributed by atoms with E-state index in [1.54, 1.807) is 11.0 Å². The van der Waals surface area contributed by atoms with Crippen molar-refractivity contribution in [3.05, 3.63) is 45.7 Å². The van der Waals surface area contributed by atoms with Crippen molar-refractivity contribution >= 4 is 43.0 Å². The number of alkyl halides is 6. The summed E-state index contributed by atoms with van der Waals surface area (Å²) in [5, 5.41) is 9.45. The lowest BCUT2D eigenvalue weighted by molar-refractivity contribution is -0.376. The first-order valence-electron chi connectivity index (χ1n) is 8.65. The van der Waals surface area contributed by atoms with Gasteiger partial charge in [-0.25, -0.2) is 8.42 Å². The number of benzene rings is 1. The second-order valence-electron chi connectivity index (χ2n) is 6.70. The first-order chi connectivity index (χ1) is 14.2. The molecule has 0 radical (unpaired) electrons. The Bertz CT molecular complexity index is 1020. The van der Waals surface area contributed by atoms with E-state index in [2.05, 4.69) is 15.9 Å². The number of anilines is 1. The number of halogens is 7. The molecule has 1 saturated heterocycles. The Kier molecular flexibility index (Phi) is 6.43. The highest BCUT2D eigenvalue weighted by Crippen LogP contribution is 2.50. The van der Waals surface area contributed by atoms with E-state index in [4.69, 9.17) is 0 Å². The first kappa shape index (κ1) is 24.3. The van der Waals surface area contributed by atoms with Crippen LogP contribution in [0.3, 0.4) is 0 Å². The number of nitrogens with zero attached hydrogens (tertiary/aromatic N) is 2. The summed E-state index contributed by atoms with van der Waals surface area (Å²) < 4.78 is 105. The van der Waals surface area contributed by atoms with Crippen LogP contribution < -0.4 is 4.90 Å². The molecule has 3 rings (SSSR count). The first-order valence-corrected chi connectivity index (χ1v) is 11.7. The van der Waals surface area contributed by atoms with E-state index in [0.29, 0.717) is 21.6 Å². The highest BCUT2D eigenvalue weighted by atomic mass is 79.9. The SMILES string of the molecule is O=S(=O)(c1ccc(Br)s1)N1CCN(c2ccc(C(O)(C(F)(F)F)C(F)(F)F)cc2)CC1. The van der Waals surface area contributed by atoms with Gasteiger partial charge in [0, 0.05) is 37.4 Å². The zero-order chi connectivity index (χ0) is 23.2. The van der Waals surface area contributed by atoms with Crippen molar-refractivity contribution in [3.8, 4) is 0 Å². The highest BCUT2D eigenvalue weighted by molar-refractivity contribution is 9.11. The van der Waals surface area contributed by atoms with Gasteiger partial charge in [-0.15, -0.1) is 11.3 Å². The lowest BCUT2D eigenvalue weighted by Gasteiger charge is -2.36. The molecular formula is C17H15BrF6N2O3S2. The van der Waals surface area contributed by atoms with E-state index in [1.165, 1.54) is 10.4 Å². The fourth-order valence-electron chi connectivity index (χ4n) is 3.15. The summed E-state index contributed by atoms with van der Waals surface area (Å²) in [6, 6.07) is 6.30. The average molecular weight is 553 g/mol. The standard InChI is InChI=1S/C17H15BrF6N2O3S2/c18-13-5-6-14(30-13)31(28,29)26-9-7-25(8-10-26)12-3-1-11(2-4-12)15(27,16(19,20)21)17(22,23)24/h1-6,27H,7-10H2. The molecule has 0 atom stereocenters. The van der Waals surface area contributed by atoms with Gasteiger partial charge in [-0.2, -0.15) is 30.6 Å². The molecule has 1 aliphatic heterocycles. The van der Waals surface area contributed by atoms with Gasteiger partial charge < -0.3 is 10.0 Å². The molecule has 0 spiro atoms. The quantitative estimate of drug-likeness (QED) is 0.573. The van der Waals surface area contributed by atoms with Gasteiger partial charge in [-0.05, 0) is 40.2 Å². The zero-order valence-electron chi connectivity index (χ0n) is 15.4. The summed E-state index contributed by atoms with van der Waals surface area (Å²) in [4.78, 5) is 1.64. The van der Waals surface area contributed by atoms with Gasteiger partial charge in [-0.1, -0.05) is 12.1 Å². The minimum Gasteiger partial charge on any atom is -0.369 e. The van der Waals surface area contributed by atoms with Crippen LogP contribution in [0.15, 0.2) is 44.4 Å². The van der Waals surface area contributed by atoms with Crippen LogP contribution in [0.2, 0.25) is 0 Å². The second kappa shape index (κ2) is 8.21. The summed E-state index contributed by atoms with van der Waals surface area (Å²) in [6.45, 7) is 0.561. The topological polar surface area (TPSA) is 60.9 Å². The largest absolute Gasteiger partial charge is 0.430 e. The van der Waals surface area contributed by atoms with Crippen molar-refractivity contribution in [2.24, 2.45) is 0 Å². The molecule has 2 heterocycles. The summed E-state index contributed by atoms with van der Waals surface area (Å²) >= 11 is 4.26. The molecular weight excluding hydrogens is 538 g/mol. The van der Waals surface area contributed by atoms with Crippen LogP contribution in [0.1, 0.15) is 5.56 Å². The van der Waals surface area contributed by atoms with E-state index in [0.717, 1.165) is 23.5 Å². The number of hydrogen-bond donors (Lipinski definition) is 1. The predicted octanol–water partition coefficient (Wildman–Crippen LogP) is 4.33. The fourth-order valence-corrected chi connectivity index (χ4v) is 6.74. The molecule has 5 nitrogen and oxygen atoms in total. The third-order valence-corrected chi connectivity index (χ3v) is 8.84. The average Bonchev–Trinajstić information content (AvgIpc) is 3.13. The monoisotopic (exact) mass is 552 g/mol. The van der Waals surface area contributed by atoms with Crippen LogP contribution >= 0.6 is 27.3 Å². The van der Waals surface area contributed by atoms with Crippen molar-refractivity contribution in [1.29, 1.82) is 0 Å². The van der Waals surface area contributed by atoms with Crippen LogP contribution in [0.4, 0.5) is 32.0 Å². The third kappa shape index (κ3) is 4.45. The molecule has 0 aliphatic carbocycles. The number of rotatable bonds is 4. The minimum absolute atomic E-state index is 0.0919. The molecule has 2 aromatic rings. The molecule has 1 aromatic carbocycles. The van der Waals surface area contributed by atoms with Crippen molar-refractivity contribution in [3.63, 3.8) is 0 Å². The van der Waals surface area contributed by atoms with E-state index in [-0.39, 0.29) is 30.4 Å². The van der Waals surface area contributed by atoms with Crippen LogP contribution in [-0.4, -0.2) is 56.4 Å². The van der Waals surface area contributed by atoms with Crippen LogP contribution in [0, 0.1) is 0 Å². The summed E-state index contributed by atoms with van der Waals surface area (Å²) in [5.74, 6) is 0. The lowest BCUT2D eigenvalue weighted by Crippen LogP contribution is -2.54. The van der Waals surface area contributed by atoms with E-state index < -0.39 is 33.5 Å². The molecule has 172 valence electrons. The second-order valence-corrected chi connectivity index (χ2v) is 11.3. The van der Waals surface area contributed by atoms with Crippen LogP contribution in [0.5, 0.6) is 0 Å². The van der Waals surface area contributed by atoms with Crippen molar-refractivity contribution in [2.45, 2.75) is 22.2 Å². The number of hydrogen-bond acceptors (Lipinski definition) is 5. The molecule has 31 heavy (non-hydrogen) atoms. The number of sulfonamides is 1. The maximum absolute atomic E-state index is 13.0. The fraction of sp³-hybridized carbons (Fsp3) is 0.412. The Balaban J connectivity index is 1.75. The molecule has 0 bridgehead atoms. The smallest absolute Gasteiger partial charge is 0.369 e. The predicted molar refractivity (Wildman–Crippen MR) is 105 cm³/mol.